The Morgan fingerprint density at radius 1 is 1.09 bits per heavy atom. The van der Waals surface area contributed by atoms with Crippen molar-refractivity contribution in [3.05, 3.63) is 26.6 Å². The lowest BCUT2D eigenvalue weighted by molar-refractivity contribution is -0.152. The molecule has 0 saturated carbocycles. The molecule has 1 aliphatic heterocycles. The van der Waals surface area contributed by atoms with Crippen molar-refractivity contribution < 1.29 is 23.9 Å². The molecule has 1 N–H and O–H groups in total. The molecule has 0 spiro atoms. The van der Waals surface area contributed by atoms with E-state index in [0.717, 1.165) is 33.8 Å². The highest BCUT2D eigenvalue weighted by Gasteiger charge is 2.35. The van der Waals surface area contributed by atoms with Gasteiger partial charge in [-0.3, -0.25) is 14.4 Å². The van der Waals surface area contributed by atoms with Crippen LogP contribution in [0.2, 0.25) is 0 Å². The van der Waals surface area contributed by atoms with Crippen molar-refractivity contribution in [3.8, 4) is 5.75 Å². The van der Waals surface area contributed by atoms with Gasteiger partial charge in [-0.25, -0.2) is 0 Å². The second kappa shape index (κ2) is 15.4. The van der Waals surface area contributed by atoms with Gasteiger partial charge >= 0.3 is 5.97 Å². The fourth-order valence-electron chi connectivity index (χ4n) is 3.94. The standard InChI is InChI=1S/C25H36Br2N2O5/c1-3-4-5-6-7-8-9-10-13-33-23(31)16-21-25(32)28-11-12-29(21)22(30)17-34-24-18(2)14-19(26)15-20(24)27/h14-15,21H,3-13,16-17H2,1-2H3,(H,28,32). The Morgan fingerprint density at radius 3 is 2.44 bits per heavy atom. The van der Waals surface area contributed by atoms with Crippen molar-refractivity contribution in [2.45, 2.75) is 77.7 Å². The summed E-state index contributed by atoms with van der Waals surface area (Å²) < 4.78 is 12.7. The monoisotopic (exact) mass is 602 g/mol. The zero-order valence-electron chi connectivity index (χ0n) is 20.2. The van der Waals surface area contributed by atoms with E-state index >= 15 is 0 Å². The predicted molar refractivity (Wildman–Crippen MR) is 139 cm³/mol. The highest BCUT2D eigenvalue weighted by atomic mass is 79.9. The minimum atomic E-state index is -0.884. The number of carbonyl (C=O) groups excluding carboxylic acids is 3. The third-order valence-corrected chi connectivity index (χ3v) is 6.85. The number of benzene rings is 1. The van der Waals surface area contributed by atoms with Crippen LogP contribution in [-0.2, 0) is 19.1 Å². The Kier molecular flexibility index (Phi) is 13.0. The second-order valence-electron chi connectivity index (χ2n) is 8.62. The summed E-state index contributed by atoms with van der Waals surface area (Å²) in [4.78, 5) is 39.1. The van der Waals surface area contributed by atoms with Crippen molar-refractivity contribution in [1.29, 1.82) is 0 Å². The number of aryl methyl sites for hydroxylation is 1. The number of ether oxygens (including phenoxy) is 2. The molecular weight excluding hydrogens is 568 g/mol. The van der Waals surface area contributed by atoms with E-state index in [0.29, 0.717) is 25.4 Å². The molecule has 0 radical (unpaired) electrons. The number of carbonyl (C=O) groups is 3. The molecule has 1 aliphatic rings. The maximum atomic E-state index is 12.9. The molecule has 1 aromatic rings. The maximum Gasteiger partial charge on any atom is 0.308 e. The molecule has 0 aliphatic carbocycles. The minimum Gasteiger partial charge on any atom is -0.482 e. The number of esters is 1. The van der Waals surface area contributed by atoms with Crippen LogP contribution in [-0.4, -0.2) is 55.0 Å². The van der Waals surface area contributed by atoms with E-state index < -0.39 is 12.0 Å². The molecule has 0 aromatic heterocycles. The highest BCUT2D eigenvalue weighted by molar-refractivity contribution is 9.11. The van der Waals surface area contributed by atoms with Gasteiger partial charge in [-0.2, -0.15) is 0 Å². The van der Waals surface area contributed by atoms with E-state index in [1.54, 1.807) is 0 Å². The van der Waals surface area contributed by atoms with Gasteiger partial charge in [0.1, 0.15) is 11.8 Å². The summed E-state index contributed by atoms with van der Waals surface area (Å²) >= 11 is 6.87. The normalized spacial score (nSPS) is 15.7. The van der Waals surface area contributed by atoms with Gasteiger partial charge in [0, 0.05) is 17.6 Å². The molecular formula is C25H36Br2N2O5. The lowest BCUT2D eigenvalue weighted by Gasteiger charge is -2.34. The molecule has 1 aromatic carbocycles. The minimum absolute atomic E-state index is 0.157. The fraction of sp³-hybridized carbons (Fsp3) is 0.640. The molecule has 190 valence electrons. The first-order valence-electron chi connectivity index (χ1n) is 12.1. The number of halogens is 2. The highest BCUT2D eigenvalue weighted by Crippen LogP contribution is 2.32. The van der Waals surface area contributed by atoms with Crippen LogP contribution >= 0.6 is 31.9 Å². The van der Waals surface area contributed by atoms with Crippen molar-refractivity contribution in [2.24, 2.45) is 0 Å². The topological polar surface area (TPSA) is 84.9 Å². The molecule has 2 rings (SSSR count). The molecule has 1 fully saturated rings. The lowest BCUT2D eigenvalue weighted by atomic mass is 10.1. The van der Waals surface area contributed by atoms with Crippen LogP contribution < -0.4 is 10.1 Å². The van der Waals surface area contributed by atoms with Gasteiger partial charge in [-0.1, -0.05) is 67.8 Å². The van der Waals surface area contributed by atoms with Crippen molar-refractivity contribution in [1.82, 2.24) is 10.2 Å². The second-order valence-corrected chi connectivity index (χ2v) is 10.4. The first-order valence-corrected chi connectivity index (χ1v) is 13.7. The van der Waals surface area contributed by atoms with E-state index in [4.69, 9.17) is 9.47 Å². The average molecular weight is 604 g/mol. The molecule has 0 bridgehead atoms. The van der Waals surface area contributed by atoms with Crippen LogP contribution in [0.4, 0.5) is 0 Å². The van der Waals surface area contributed by atoms with Crippen molar-refractivity contribution in [2.75, 3.05) is 26.3 Å². The first kappa shape index (κ1) is 28.6. The van der Waals surface area contributed by atoms with Gasteiger partial charge in [0.05, 0.1) is 17.5 Å². The van der Waals surface area contributed by atoms with E-state index in [2.05, 4.69) is 44.1 Å². The van der Waals surface area contributed by atoms with E-state index in [1.807, 2.05) is 19.1 Å². The number of piperazine rings is 1. The Bertz CT molecular complexity index is 811. The molecule has 1 atom stereocenters. The Hall–Kier alpha value is -1.61. The van der Waals surface area contributed by atoms with Gasteiger partial charge in [0.25, 0.3) is 5.91 Å². The summed E-state index contributed by atoms with van der Waals surface area (Å²) in [6.07, 6.45) is 9.12. The quantitative estimate of drug-likeness (QED) is 0.230. The number of nitrogens with one attached hydrogen (secondary N) is 1. The summed E-state index contributed by atoms with van der Waals surface area (Å²) in [7, 11) is 0. The Morgan fingerprint density at radius 2 is 1.76 bits per heavy atom. The summed E-state index contributed by atoms with van der Waals surface area (Å²) in [5, 5.41) is 2.73. The predicted octanol–water partition coefficient (Wildman–Crippen LogP) is 5.30. The summed E-state index contributed by atoms with van der Waals surface area (Å²) in [6.45, 7) is 4.88. The smallest absolute Gasteiger partial charge is 0.308 e. The largest absolute Gasteiger partial charge is 0.482 e. The Balaban J connectivity index is 1.78. The van der Waals surface area contributed by atoms with Crippen LogP contribution in [0.3, 0.4) is 0 Å². The number of hydrogen-bond donors (Lipinski definition) is 1. The first-order chi connectivity index (χ1) is 16.3. The van der Waals surface area contributed by atoms with Crippen LogP contribution in [0.5, 0.6) is 5.75 Å². The molecule has 34 heavy (non-hydrogen) atoms. The molecule has 1 saturated heterocycles. The lowest BCUT2D eigenvalue weighted by Crippen LogP contribution is -2.58. The summed E-state index contributed by atoms with van der Waals surface area (Å²) in [5.41, 5.74) is 0.867. The zero-order chi connectivity index (χ0) is 24.9. The summed E-state index contributed by atoms with van der Waals surface area (Å²) in [6, 6.07) is 2.85. The molecule has 2 amide bonds. The van der Waals surface area contributed by atoms with Crippen LogP contribution in [0, 0.1) is 6.92 Å². The van der Waals surface area contributed by atoms with Gasteiger partial charge in [-0.15, -0.1) is 0 Å². The molecule has 1 unspecified atom stereocenters. The van der Waals surface area contributed by atoms with Crippen LogP contribution in [0.1, 0.15) is 70.3 Å². The van der Waals surface area contributed by atoms with Crippen LogP contribution in [0.25, 0.3) is 0 Å². The van der Waals surface area contributed by atoms with Crippen molar-refractivity contribution in [3.63, 3.8) is 0 Å². The van der Waals surface area contributed by atoms with Gasteiger partial charge in [0.15, 0.2) is 6.61 Å². The number of nitrogens with zero attached hydrogens (tertiary/aromatic N) is 1. The molecule has 1 heterocycles. The Labute approximate surface area is 219 Å². The van der Waals surface area contributed by atoms with Gasteiger partial charge in [0.2, 0.25) is 5.91 Å². The number of amides is 2. The fourth-order valence-corrected chi connectivity index (χ4v) is 5.50. The third kappa shape index (κ3) is 9.56. The number of hydrogen-bond acceptors (Lipinski definition) is 5. The molecule has 9 heteroatoms. The van der Waals surface area contributed by atoms with E-state index in [9.17, 15) is 14.4 Å². The number of rotatable bonds is 14. The SMILES string of the molecule is CCCCCCCCCCOC(=O)CC1C(=O)NCCN1C(=O)COc1c(C)cc(Br)cc1Br. The maximum absolute atomic E-state index is 12.9. The third-order valence-electron chi connectivity index (χ3n) is 5.81. The van der Waals surface area contributed by atoms with E-state index in [-0.39, 0.29) is 24.8 Å². The van der Waals surface area contributed by atoms with Gasteiger partial charge < -0.3 is 19.7 Å². The van der Waals surface area contributed by atoms with Crippen molar-refractivity contribution >= 4 is 49.6 Å². The average Bonchev–Trinajstić information content (AvgIpc) is 2.78. The van der Waals surface area contributed by atoms with Crippen LogP contribution in [0.15, 0.2) is 21.1 Å². The summed E-state index contributed by atoms with van der Waals surface area (Å²) in [5.74, 6) is -0.580. The number of unbranched alkanes of at least 4 members (excludes halogenated alkanes) is 7. The zero-order valence-corrected chi connectivity index (χ0v) is 23.3. The van der Waals surface area contributed by atoms with E-state index in [1.165, 1.54) is 37.0 Å². The molecule has 7 nitrogen and oxygen atoms in total. The van der Waals surface area contributed by atoms with Gasteiger partial charge in [-0.05, 0) is 47.0 Å².